The molecule has 1 aromatic heterocycles. The first kappa shape index (κ1) is 23.0. The number of aryl methyl sites for hydroxylation is 1. The number of piperazine rings is 1. The van der Waals surface area contributed by atoms with Crippen LogP contribution in [-0.4, -0.2) is 88.2 Å². The smallest absolute Gasteiger partial charge is 0.271 e. The van der Waals surface area contributed by atoms with E-state index in [1.165, 1.54) is 11.1 Å². The summed E-state index contributed by atoms with van der Waals surface area (Å²) in [6.07, 6.45) is 3.53. The van der Waals surface area contributed by atoms with Crippen LogP contribution in [0.1, 0.15) is 33.9 Å². The molecule has 2 aromatic rings. The van der Waals surface area contributed by atoms with Crippen molar-refractivity contribution in [2.24, 2.45) is 5.92 Å². The number of hydrogen-bond acceptors (Lipinski definition) is 6. The number of carbonyl (C=O) groups is 2. The monoisotopic (exact) mass is 466 g/mol. The largest absolute Gasteiger partial charge is 0.390 e. The van der Waals surface area contributed by atoms with Gasteiger partial charge in [-0.2, -0.15) is 0 Å². The Labute approximate surface area is 200 Å². The fourth-order valence-corrected chi connectivity index (χ4v) is 5.27. The number of hydrogen-bond donors (Lipinski definition) is 3. The molecule has 0 saturated carbocycles. The van der Waals surface area contributed by atoms with Crippen LogP contribution in [0.5, 0.6) is 0 Å². The van der Waals surface area contributed by atoms with Gasteiger partial charge in [0.05, 0.1) is 12.0 Å². The number of imidazole rings is 1. The molecule has 3 N–H and O–H groups in total. The molecule has 3 aliphatic heterocycles. The van der Waals surface area contributed by atoms with Crippen molar-refractivity contribution in [3.8, 4) is 0 Å². The van der Waals surface area contributed by atoms with Crippen molar-refractivity contribution in [3.05, 3.63) is 53.1 Å². The van der Waals surface area contributed by atoms with Crippen molar-refractivity contribution in [1.29, 1.82) is 0 Å². The van der Waals surface area contributed by atoms with Crippen LogP contribution >= 0.6 is 0 Å². The maximum Gasteiger partial charge on any atom is 0.271 e. The highest BCUT2D eigenvalue weighted by atomic mass is 16.3. The quantitative estimate of drug-likeness (QED) is 0.555. The Morgan fingerprint density at radius 1 is 1.15 bits per heavy atom. The summed E-state index contributed by atoms with van der Waals surface area (Å²) in [7, 11) is 0. The number of aromatic nitrogens is 2. The number of nitrogens with zero attached hydrogens (tertiary/aromatic N) is 4. The van der Waals surface area contributed by atoms with Gasteiger partial charge in [0, 0.05) is 71.5 Å². The molecule has 1 aromatic carbocycles. The third-order valence-electron chi connectivity index (χ3n) is 7.18. The number of carbonyl (C=O) groups excluding carboxylic acids is 2. The molecular formula is C25H34N6O3. The Morgan fingerprint density at radius 2 is 1.94 bits per heavy atom. The van der Waals surface area contributed by atoms with Gasteiger partial charge in [0.15, 0.2) is 0 Å². The molecule has 9 nitrogen and oxygen atoms in total. The Hall–Kier alpha value is -2.75. The summed E-state index contributed by atoms with van der Waals surface area (Å²) in [5, 5.41) is 16.6. The Balaban J connectivity index is 1.11. The van der Waals surface area contributed by atoms with Crippen LogP contribution in [0.4, 0.5) is 0 Å². The Bertz CT molecular complexity index is 1030. The second-order valence-electron chi connectivity index (χ2n) is 9.62. The minimum atomic E-state index is -0.646. The minimum Gasteiger partial charge on any atom is -0.390 e. The fourth-order valence-electron chi connectivity index (χ4n) is 5.27. The highest BCUT2D eigenvalue weighted by Gasteiger charge is 2.30. The number of amides is 2. The van der Waals surface area contributed by atoms with Gasteiger partial charge in [-0.15, -0.1) is 0 Å². The summed E-state index contributed by atoms with van der Waals surface area (Å²) in [5.74, 6) is 0.708. The van der Waals surface area contributed by atoms with Crippen LogP contribution in [0.25, 0.3) is 0 Å². The number of aliphatic hydroxyl groups excluding tert-OH is 1. The average Bonchev–Trinajstić information content (AvgIpc) is 3.31. The van der Waals surface area contributed by atoms with E-state index >= 15 is 0 Å². The first-order chi connectivity index (χ1) is 16.6. The van der Waals surface area contributed by atoms with Gasteiger partial charge in [-0.3, -0.25) is 14.5 Å². The normalized spacial score (nSPS) is 21.4. The highest BCUT2D eigenvalue weighted by molar-refractivity contribution is 5.92. The molecule has 34 heavy (non-hydrogen) atoms. The van der Waals surface area contributed by atoms with E-state index in [0.717, 1.165) is 57.9 Å². The maximum absolute atomic E-state index is 12.9. The number of aliphatic hydroxyl groups is 1. The molecule has 1 unspecified atom stereocenters. The van der Waals surface area contributed by atoms with Gasteiger partial charge in [0.2, 0.25) is 5.91 Å². The summed E-state index contributed by atoms with van der Waals surface area (Å²) < 4.78 is 1.95. The average molecular weight is 467 g/mol. The lowest BCUT2D eigenvalue weighted by molar-refractivity contribution is -0.137. The SMILES string of the molecule is O=C(NC[C@@H](O)CN1CCc2ccccc2C1)c1cn2c(n1)CCC(C(=O)N1CCNCC1)C2. The molecule has 4 heterocycles. The van der Waals surface area contributed by atoms with Crippen molar-refractivity contribution in [2.45, 2.75) is 38.5 Å². The molecule has 0 radical (unpaired) electrons. The van der Waals surface area contributed by atoms with Gasteiger partial charge in [0.1, 0.15) is 11.5 Å². The molecular weight excluding hydrogens is 432 g/mol. The molecule has 0 spiro atoms. The van der Waals surface area contributed by atoms with Gasteiger partial charge >= 0.3 is 0 Å². The zero-order valence-electron chi connectivity index (χ0n) is 19.6. The summed E-state index contributed by atoms with van der Waals surface area (Å²) in [6, 6.07) is 8.42. The van der Waals surface area contributed by atoms with E-state index < -0.39 is 6.10 Å². The third-order valence-corrected chi connectivity index (χ3v) is 7.18. The van der Waals surface area contributed by atoms with Crippen molar-refractivity contribution in [1.82, 2.24) is 30.0 Å². The minimum absolute atomic E-state index is 0.0628. The topological polar surface area (TPSA) is 103 Å². The lowest BCUT2D eigenvalue weighted by Gasteiger charge is -2.32. The van der Waals surface area contributed by atoms with E-state index in [0.29, 0.717) is 25.2 Å². The predicted molar refractivity (Wildman–Crippen MR) is 127 cm³/mol. The molecule has 182 valence electrons. The first-order valence-electron chi connectivity index (χ1n) is 12.4. The van der Waals surface area contributed by atoms with Crippen LogP contribution in [-0.2, 0) is 30.7 Å². The van der Waals surface area contributed by atoms with Crippen LogP contribution in [0, 0.1) is 5.92 Å². The molecule has 2 atom stereocenters. The lowest BCUT2D eigenvalue weighted by atomic mass is 9.97. The van der Waals surface area contributed by atoms with Crippen molar-refractivity contribution < 1.29 is 14.7 Å². The third kappa shape index (κ3) is 5.16. The number of fused-ring (bicyclic) bond motifs is 2. The summed E-state index contributed by atoms with van der Waals surface area (Å²) in [4.78, 5) is 34.2. The van der Waals surface area contributed by atoms with Crippen LogP contribution in [0.2, 0.25) is 0 Å². The Morgan fingerprint density at radius 3 is 2.76 bits per heavy atom. The van der Waals surface area contributed by atoms with Gasteiger partial charge in [0.25, 0.3) is 5.91 Å². The second kappa shape index (κ2) is 10.2. The van der Waals surface area contributed by atoms with Crippen LogP contribution in [0.15, 0.2) is 30.5 Å². The number of benzene rings is 1. The van der Waals surface area contributed by atoms with Crippen molar-refractivity contribution in [3.63, 3.8) is 0 Å². The zero-order valence-corrected chi connectivity index (χ0v) is 19.6. The second-order valence-corrected chi connectivity index (χ2v) is 9.62. The van der Waals surface area contributed by atoms with E-state index in [1.54, 1.807) is 6.20 Å². The summed E-state index contributed by atoms with van der Waals surface area (Å²) >= 11 is 0. The zero-order chi connectivity index (χ0) is 23.5. The number of β-amino-alcohol motifs (C(OH)–C–C–N with tert-alkyl or cyclic N) is 1. The van der Waals surface area contributed by atoms with E-state index in [4.69, 9.17) is 0 Å². The standard InChI is InChI=1S/C25H34N6O3/c32-21(16-29-10-7-18-3-1-2-4-19(18)14-29)13-27-24(33)22-17-31-15-20(5-6-23(31)28-22)25(34)30-11-8-26-9-12-30/h1-4,17,20-21,26,32H,5-16H2,(H,27,33)/t20?,21-/m1/s1. The van der Waals surface area contributed by atoms with Crippen molar-refractivity contribution >= 4 is 11.8 Å². The molecule has 1 saturated heterocycles. The van der Waals surface area contributed by atoms with Crippen LogP contribution in [0.3, 0.4) is 0 Å². The van der Waals surface area contributed by atoms with E-state index in [-0.39, 0.29) is 24.3 Å². The maximum atomic E-state index is 12.9. The molecule has 1 fully saturated rings. The fraction of sp³-hybridized carbons (Fsp3) is 0.560. The molecule has 9 heteroatoms. The molecule has 5 rings (SSSR count). The summed E-state index contributed by atoms with van der Waals surface area (Å²) in [5.41, 5.74) is 3.04. The van der Waals surface area contributed by atoms with Gasteiger partial charge in [-0.25, -0.2) is 4.98 Å². The van der Waals surface area contributed by atoms with Gasteiger partial charge in [-0.05, 0) is 24.0 Å². The highest BCUT2D eigenvalue weighted by Crippen LogP contribution is 2.22. The summed E-state index contributed by atoms with van der Waals surface area (Å²) in [6.45, 7) is 6.20. The van der Waals surface area contributed by atoms with Crippen molar-refractivity contribution in [2.75, 3.05) is 45.8 Å². The van der Waals surface area contributed by atoms with E-state index in [2.05, 4.69) is 38.7 Å². The molecule has 0 aliphatic carbocycles. The lowest BCUT2D eigenvalue weighted by Crippen LogP contribution is -2.49. The molecule has 2 amide bonds. The van der Waals surface area contributed by atoms with E-state index in [9.17, 15) is 14.7 Å². The number of nitrogens with one attached hydrogen (secondary N) is 2. The molecule has 3 aliphatic rings. The number of rotatable bonds is 6. The van der Waals surface area contributed by atoms with E-state index in [1.807, 2.05) is 15.5 Å². The van der Waals surface area contributed by atoms with Gasteiger partial charge in [-0.1, -0.05) is 24.3 Å². The predicted octanol–water partition coefficient (Wildman–Crippen LogP) is 0.0263. The van der Waals surface area contributed by atoms with Crippen LogP contribution < -0.4 is 10.6 Å². The van der Waals surface area contributed by atoms with Gasteiger partial charge < -0.3 is 25.2 Å². The molecule has 0 bridgehead atoms. The first-order valence-corrected chi connectivity index (χ1v) is 12.4. The Kier molecular flexibility index (Phi) is 6.94.